The van der Waals surface area contributed by atoms with E-state index in [-0.39, 0.29) is 18.9 Å². The van der Waals surface area contributed by atoms with Crippen LogP contribution in [0.15, 0.2) is 40.9 Å². The van der Waals surface area contributed by atoms with Crippen molar-refractivity contribution in [3.63, 3.8) is 0 Å². The van der Waals surface area contributed by atoms with Crippen LogP contribution in [0.5, 0.6) is 17.2 Å². The van der Waals surface area contributed by atoms with Gasteiger partial charge in [0.2, 0.25) is 5.91 Å². The van der Waals surface area contributed by atoms with E-state index in [0.717, 1.165) is 15.6 Å². The second-order valence-corrected chi connectivity index (χ2v) is 6.52. The summed E-state index contributed by atoms with van der Waals surface area (Å²) in [5.74, 6) is 0.856. The summed E-state index contributed by atoms with van der Waals surface area (Å²) in [5, 5.41) is 0. The van der Waals surface area contributed by atoms with Crippen molar-refractivity contribution in [1.82, 2.24) is 10.9 Å². The number of amides is 2. The van der Waals surface area contributed by atoms with E-state index in [4.69, 9.17) is 14.2 Å². The van der Waals surface area contributed by atoms with Crippen LogP contribution in [0.2, 0.25) is 0 Å². The maximum absolute atomic E-state index is 12.0. The van der Waals surface area contributed by atoms with Gasteiger partial charge < -0.3 is 14.2 Å². The van der Waals surface area contributed by atoms with Gasteiger partial charge in [0, 0.05) is 4.47 Å². The average molecular weight is 437 g/mol. The largest absolute Gasteiger partial charge is 0.493 e. The first kappa shape index (κ1) is 20.6. The molecule has 0 atom stereocenters. The Morgan fingerprint density at radius 2 is 1.67 bits per heavy atom. The first-order valence-electron chi connectivity index (χ1n) is 8.10. The predicted molar refractivity (Wildman–Crippen MR) is 104 cm³/mol. The van der Waals surface area contributed by atoms with Crippen LogP contribution in [-0.2, 0) is 16.0 Å². The lowest BCUT2D eigenvalue weighted by atomic mass is 10.1. The molecule has 0 heterocycles. The standard InChI is InChI=1S/C19H21BrN2O5/c1-12-8-14(5-6-15(12)20)27-11-19(24)22-21-18(23)10-13-4-7-16(25-2)17(9-13)26-3/h4-9H,10-11H2,1-3H3,(H,21,23)(H,22,24). The van der Waals surface area contributed by atoms with E-state index in [0.29, 0.717) is 17.2 Å². The topological polar surface area (TPSA) is 85.9 Å². The number of carbonyl (C=O) groups excluding carboxylic acids is 2. The molecule has 0 bridgehead atoms. The van der Waals surface area contributed by atoms with Crippen molar-refractivity contribution in [2.45, 2.75) is 13.3 Å². The Hall–Kier alpha value is -2.74. The Balaban J connectivity index is 1.79. The summed E-state index contributed by atoms with van der Waals surface area (Å²) in [6, 6.07) is 10.6. The zero-order valence-electron chi connectivity index (χ0n) is 15.3. The first-order valence-corrected chi connectivity index (χ1v) is 8.89. The zero-order valence-corrected chi connectivity index (χ0v) is 16.9. The number of halogens is 1. The van der Waals surface area contributed by atoms with Gasteiger partial charge in [-0.3, -0.25) is 20.4 Å². The van der Waals surface area contributed by atoms with Gasteiger partial charge in [-0.05, 0) is 48.4 Å². The Bertz CT molecular complexity index is 826. The van der Waals surface area contributed by atoms with Crippen LogP contribution in [0, 0.1) is 6.92 Å². The van der Waals surface area contributed by atoms with Crippen LogP contribution in [0.3, 0.4) is 0 Å². The molecule has 144 valence electrons. The summed E-state index contributed by atoms with van der Waals surface area (Å²) in [7, 11) is 3.06. The van der Waals surface area contributed by atoms with Crippen LogP contribution in [-0.4, -0.2) is 32.6 Å². The molecule has 27 heavy (non-hydrogen) atoms. The van der Waals surface area contributed by atoms with Gasteiger partial charge in [0.05, 0.1) is 20.6 Å². The Kier molecular flexibility index (Phi) is 7.48. The summed E-state index contributed by atoms with van der Waals surface area (Å²) in [5.41, 5.74) is 6.40. The van der Waals surface area contributed by atoms with Crippen LogP contribution in [0.4, 0.5) is 0 Å². The number of ether oxygens (including phenoxy) is 3. The fourth-order valence-electron chi connectivity index (χ4n) is 2.25. The molecule has 0 spiro atoms. The maximum atomic E-state index is 12.0. The Morgan fingerprint density at radius 3 is 2.33 bits per heavy atom. The number of hydrogen-bond donors (Lipinski definition) is 2. The molecule has 7 nitrogen and oxygen atoms in total. The van der Waals surface area contributed by atoms with Crippen molar-refractivity contribution in [2.24, 2.45) is 0 Å². The summed E-state index contributed by atoms with van der Waals surface area (Å²) in [4.78, 5) is 23.8. The highest BCUT2D eigenvalue weighted by Gasteiger charge is 2.10. The van der Waals surface area contributed by atoms with Crippen LogP contribution in [0.25, 0.3) is 0 Å². The minimum Gasteiger partial charge on any atom is -0.493 e. The number of nitrogens with one attached hydrogen (secondary N) is 2. The predicted octanol–water partition coefficient (Wildman–Crippen LogP) is 2.54. The molecular formula is C19H21BrN2O5. The lowest BCUT2D eigenvalue weighted by Gasteiger charge is -2.11. The molecule has 2 N–H and O–H groups in total. The zero-order chi connectivity index (χ0) is 19.8. The number of rotatable bonds is 7. The summed E-state index contributed by atoms with van der Waals surface area (Å²) in [6.07, 6.45) is 0.0768. The molecule has 0 radical (unpaired) electrons. The molecule has 2 aromatic rings. The molecule has 0 fully saturated rings. The Morgan fingerprint density at radius 1 is 0.963 bits per heavy atom. The molecule has 0 saturated carbocycles. The van der Waals surface area contributed by atoms with E-state index in [1.807, 2.05) is 19.1 Å². The fraction of sp³-hybridized carbons (Fsp3) is 0.263. The average Bonchev–Trinajstić information content (AvgIpc) is 2.67. The molecule has 8 heteroatoms. The van der Waals surface area contributed by atoms with Crippen LogP contribution >= 0.6 is 15.9 Å². The summed E-state index contributed by atoms with van der Waals surface area (Å²) in [6.45, 7) is 1.71. The van der Waals surface area contributed by atoms with Gasteiger partial charge >= 0.3 is 0 Å². The number of carbonyl (C=O) groups is 2. The van der Waals surface area contributed by atoms with Gasteiger partial charge in [0.15, 0.2) is 18.1 Å². The summed E-state index contributed by atoms with van der Waals surface area (Å²) >= 11 is 3.40. The number of hydrazine groups is 1. The molecule has 0 aliphatic heterocycles. The van der Waals surface area contributed by atoms with Crippen LogP contribution < -0.4 is 25.1 Å². The monoisotopic (exact) mass is 436 g/mol. The number of methoxy groups -OCH3 is 2. The van der Waals surface area contributed by atoms with E-state index in [9.17, 15) is 9.59 Å². The number of hydrogen-bond acceptors (Lipinski definition) is 5. The normalized spacial score (nSPS) is 10.1. The highest BCUT2D eigenvalue weighted by molar-refractivity contribution is 9.10. The first-order chi connectivity index (χ1) is 12.9. The third-order valence-electron chi connectivity index (χ3n) is 3.65. The molecule has 0 aliphatic carbocycles. The van der Waals surface area contributed by atoms with Crippen molar-refractivity contribution in [3.05, 3.63) is 52.0 Å². The third-order valence-corrected chi connectivity index (χ3v) is 4.54. The number of aryl methyl sites for hydroxylation is 1. The van der Waals surface area contributed by atoms with Crippen molar-refractivity contribution in [2.75, 3.05) is 20.8 Å². The van der Waals surface area contributed by atoms with Crippen molar-refractivity contribution >= 4 is 27.7 Å². The Labute approximate surface area is 166 Å². The van der Waals surface area contributed by atoms with Gasteiger partial charge in [-0.1, -0.05) is 22.0 Å². The lowest BCUT2D eigenvalue weighted by Crippen LogP contribution is -2.44. The highest BCUT2D eigenvalue weighted by Crippen LogP contribution is 2.27. The minimum atomic E-state index is -0.462. The molecule has 0 aliphatic rings. The van der Waals surface area contributed by atoms with E-state index >= 15 is 0 Å². The van der Waals surface area contributed by atoms with E-state index < -0.39 is 5.91 Å². The fourth-order valence-corrected chi connectivity index (χ4v) is 2.50. The molecule has 0 unspecified atom stereocenters. The SMILES string of the molecule is COc1ccc(CC(=O)NNC(=O)COc2ccc(Br)c(C)c2)cc1OC. The molecule has 0 saturated heterocycles. The minimum absolute atomic E-state index is 0.0768. The second kappa shape index (κ2) is 9.82. The second-order valence-electron chi connectivity index (χ2n) is 5.66. The van der Waals surface area contributed by atoms with E-state index in [1.54, 1.807) is 24.3 Å². The quantitative estimate of drug-likeness (QED) is 0.651. The van der Waals surface area contributed by atoms with Crippen molar-refractivity contribution < 1.29 is 23.8 Å². The molecular weight excluding hydrogens is 416 g/mol. The van der Waals surface area contributed by atoms with Crippen molar-refractivity contribution in [1.29, 1.82) is 0 Å². The lowest BCUT2D eigenvalue weighted by molar-refractivity contribution is -0.129. The summed E-state index contributed by atoms with van der Waals surface area (Å²) < 4.78 is 16.7. The van der Waals surface area contributed by atoms with Gasteiger partial charge in [0.1, 0.15) is 5.75 Å². The van der Waals surface area contributed by atoms with Gasteiger partial charge in [-0.2, -0.15) is 0 Å². The number of benzene rings is 2. The van der Waals surface area contributed by atoms with Crippen molar-refractivity contribution in [3.8, 4) is 17.2 Å². The van der Waals surface area contributed by atoms with E-state index in [2.05, 4.69) is 26.8 Å². The highest BCUT2D eigenvalue weighted by atomic mass is 79.9. The van der Waals surface area contributed by atoms with Crippen LogP contribution in [0.1, 0.15) is 11.1 Å². The van der Waals surface area contributed by atoms with Gasteiger partial charge in [-0.25, -0.2) is 0 Å². The van der Waals surface area contributed by atoms with Gasteiger partial charge in [0.25, 0.3) is 5.91 Å². The maximum Gasteiger partial charge on any atom is 0.276 e. The van der Waals surface area contributed by atoms with E-state index in [1.165, 1.54) is 14.2 Å². The molecule has 2 rings (SSSR count). The smallest absolute Gasteiger partial charge is 0.276 e. The molecule has 0 aromatic heterocycles. The molecule has 2 amide bonds. The third kappa shape index (κ3) is 6.18. The van der Waals surface area contributed by atoms with Gasteiger partial charge in [-0.15, -0.1) is 0 Å². The molecule has 2 aromatic carbocycles.